The first-order chi connectivity index (χ1) is 20.6. The van der Waals surface area contributed by atoms with Crippen molar-refractivity contribution >= 4 is 50.7 Å². The summed E-state index contributed by atoms with van der Waals surface area (Å²) in [6.07, 6.45) is -4.72. The molecule has 1 atom stereocenters. The third-order valence-electron chi connectivity index (χ3n) is 6.80. The summed E-state index contributed by atoms with van der Waals surface area (Å²) in [5.74, 6) is -1.16. The lowest BCUT2D eigenvalue weighted by molar-refractivity contribution is -0.140. The number of nitrogens with one attached hydrogen (secondary N) is 1. The Bertz CT molecular complexity index is 1580. The molecule has 0 saturated heterocycles. The Morgan fingerprint density at radius 1 is 0.955 bits per heavy atom. The van der Waals surface area contributed by atoms with Crippen LogP contribution in [0.3, 0.4) is 0 Å². The molecule has 0 spiro atoms. The molecule has 0 fully saturated rings. The summed E-state index contributed by atoms with van der Waals surface area (Å²) < 4.78 is 69.9. The van der Waals surface area contributed by atoms with Crippen molar-refractivity contribution in [1.29, 1.82) is 0 Å². The van der Waals surface area contributed by atoms with Crippen molar-refractivity contribution in [3.8, 4) is 0 Å². The standard InChI is InChI=1S/C31H34Cl2F3N3O4S/c1-5-28(30(41)37-17-20(2)3)38(18-22-8-6-7-9-26(22)32)29(40)19-39(44(42,43)24-13-10-21(4)11-14-24)23-12-15-27(33)25(16-23)31(34,35)36/h6-16,20,28H,5,17-19H2,1-4H3,(H,37,41)/t28-/m1/s1. The summed E-state index contributed by atoms with van der Waals surface area (Å²) in [6.45, 7) is 6.53. The number of carbonyl (C=O) groups excluding carboxylic acids is 2. The van der Waals surface area contributed by atoms with E-state index < -0.39 is 56.9 Å². The van der Waals surface area contributed by atoms with Crippen LogP contribution in [0.2, 0.25) is 10.0 Å². The third-order valence-corrected chi connectivity index (χ3v) is 9.29. The first kappa shape index (κ1) is 35.2. The number of nitrogens with zero attached hydrogens (tertiary/aromatic N) is 2. The van der Waals surface area contributed by atoms with Gasteiger partial charge in [0.05, 0.1) is 21.2 Å². The van der Waals surface area contributed by atoms with Crippen LogP contribution in [-0.4, -0.2) is 44.3 Å². The lowest BCUT2D eigenvalue weighted by Crippen LogP contribution is -2.52. The van der Waals surface area contributed by atoms with Gasteiger partial charge in [-0.05, 0) is 61.2 Å². The van der Waals surface area contributed by atoms with Crippen molar-refractivity contribution in [2.24, 2.45) is 5.92 Å². The molecule has 0 saturated carbocycles. The molecule has 13 heteroatoms. The number of hydrogen-bond acceptors (Lipinski definition) is 4. The number of sulfonamides is 1. The highest BCUT2D eigenvalue weighted by atomic mass is 35.5. The lowest BCUT2D eigenvalue weighted by Gasteiger charge is -2.33. The molecule has 0 aromatic heterocycles. The Labute approximate surface area is 266 Å². The maximum absolute atomic E-state index is 14.1. The van der Waals surface area contributed by atoms with Gasteiger partial charge < -0.3 is 10.2 Å². The minimum atomic E-state index is -4.89. The van der Waals surface area contributed by atoms with Crippen molar-refractivity contribution in [3.63, 3.8) is 0 Å². The number of carbonyl (C=O) groups is 2. The highest BCUT2D eigenvalue weighted by Gasteiger charge is 2.37. The van der Waals surface area contributed by atoms with Crippen molar-refractivity contribution in [1.82, 2.24) is 10.2 Å². The molecule has 2 amide bonds. The number of rotatable bonds is 12. The molecule has 238 valence electrons. The van der Waals surface area contributed by atoms with E-state index in [-0.39, 0.29) is 23.8 Å². The summed E-state index contributed by atoms with van der Waals surface area (Å²) in [6, 6.07) is 13.9. The summed E-state index contributed by atoms with van der Waals surface area (Å²) in [7, 11) is -4.58. The van der Waals surface area contributed by atoms with Gasteiger partial charge in [-0.2, -0.15) is 13.2 Å². The first-order valence-electron chi connectivity index (χ1n) is 13.8. The molecule has 0 unspecified atom stereocenters. The molecule has 3 rings (SSSR count). The van der Waals surface area contributed by atoms with Crippen LogP contribution in [0, 0.1) is 12.8 Å². The average Bonchev–Trinajstić information content (AvgIpc) is 2.95. The van der Waals surface area contributed by atoms with Gasteiger partial charge in [-0.1, -0.05) is 79.9 Å². The number of aryl methyl sites for hydroxylation is 1. The van der Waals surface area contributed by atoms with E-state index in [1.807, 2.05) is 13.8 Å². The van der Waals surface area contributed by atoms with E-state index in [2.05, 4.69) is 5.32 Å². The van der Waals surface area contributed by atoms with Gasteiger partial charge in [0.1, 0.15) is 12.6 Å². The summed E-state index contributed by atoms with van der Waals surface area (Å²) in [5.41, 5.74) is -0.441. The van der Waals surface area contributed by atoms with Crippen LogP contribution in [0.15, 0.2) is 71.6 Å². The topological polar surface area (TPSA) is 86.8 Å². The van der Waals surface area contributed by atoms with E-state index in [9.17, 15) is 31.2 Å². The number of anilines is 1. The van der Waals surface area contributed by atoms with Crippen LogP contribution in [0.4, 0.5) is 18.9 Å². The van der Waals surface area contributed by atoms with E-state index in [0.29, 0.717) is 27.5 Å². The third kappa shape index (κ3) is 8.67. The Morgan fingerprint density at radius 2 is 1.59 bits per heavy atom. The van der Waals surface area contributed by atoms with Gasteiger partial charge in [-0.3, -0.25) is 13.9 Å². The first-order valence-corrected chi connectivity index (χ1v) is 16.0. The molecular weight excluding hydrogens is 638 g/mol. The van der Waals surface area contributed by atoms with Crippen LogP contribution in [-0.2, 0) is 32.3 Å². The Morgan fingerprint density at radius 3 is 2.16 bits per heavy atom. The van der Waals surface area contributed by atoms with Crippen LogP contribution in [0.1, 0.15) is 43.9 Å². The fourth-order valence-corrected chi connectivity index (χ4v) is 6.23. The van der Waals surface area contributed by atoms with Gasteiger partial charge >= 0.3 is 6.18 Å². The average molecular weight is 673 g/mol. The van der Waals surface area contributed by atoms with Gasteiger partial charge in [-0.15, -0.1) is 0 Å². The zero-order chi connectivity index (χ0) is 32.8. The number of alkyl halides is 3. The molecule has 7 nitrogen and oxygen atoms in total. The Hall–Kier alpha value is -3.28. The number of amides is 2. The minimum absolute atomic E-state index is 0.118. The summed E-state index contributed by atoms with van der Waals surface area (Å²) in [4.78, 5) is 28.4. The van der Waals surface area contributed by atoms with Crippen molar-refractivity contribution in [2.45, 2.75) is 57.8 Å². The van der Waals surface area contributed by atoms with Crippen molar-refractivity contribution in [3.05, 3.63) is 93.5 Å². The maximum atomic E-state index is 14.1. The highest BCUT2D eigenvalue weighted by molar-refractivity contribution is 7.92. The highest BCUT2D eigenvalue weighted by Crippen LogP contribution is 2.38. The zero-order valence-corrected chi connectivity index (χ0v) is 27.0. The van der Waals surface area contributed by atoms with E-state index >= 15 is 0 Å². The molecule has 1 N–H and O–H groups in total. The van der Waals surface area contributed by atoms with E-state index in [1.54, 1.807) is 38.1 Å². The quantitative estimate of drug-likeness (QED) is 0.223. The molecule has 0 heterocycles. The fourth-order valence-electron chi connectivity index (χ4n) is 4.40. The van der Waals surface area contributed by atoms with Crippen LogP contribution in [0.5, 0.6) is 0 Å². The molecule has 0 aliphatic rings. The maximum Gasteiger partial charge on any atom is 0.417 e. The molecule has 0 aliphatic heterocycles. The molecule has 0 radical (unpaired) electrons. The Balaban J connectivity index is 2.15. The second-order valence-electron chi connectivity index (χ2n) is 10.7. The predicted octanol–water partition coefficient (Wildman–Crippen LogP) is 7.10. The van der Waals surface area contributed by atoms with E-state index in [1.165, 1.54) is 29.2 Å². The van der Waals surface area contributed by atoms with Crippen molar-refractivity contribution in [2.75, 3.05) is 17.4 Å². The smallest absolute Gasteiger partial charge is 0.354 e. The lowest BCUT2D eigenvalue weighted by atomic mass is 10.1. The molecular formula is C31H34Cl2F3N3O4S. The van der Waals surface area contributed by atoms with Gasteiger partial charge in [0.15, 0.2) is 0 Å². The van der Waals surface area contributed by atoms with E-state index in [0.717, 1.165) is 17.7 Å². The van der Waals surface area contributed by atoms with E-state index in [4.69, 9.17) is 23.2 Å². The second-order valence-corrected chi connectivity index (χ2v) is 13.3. The summed E-state index contributed by atoms with van der Waals surface area (Å²) >= 11 is 12.2. The molecule has 0 aliphatic carbocycles. The fraction of sp³-hybridized carbons (Fsp3) is 0.355. The molecule has 3 aromatic rings. The van der Waals surface area contributed by atoms with Gasteiger partial charge in [0, 0.05) is 18.1 Å². The molecule has 44 heavy (non-hydrogen) atoms. The number of benzene rings is 3. The second kappa shape index (κ2) is 14.7. The van der Waals surface area contributed by atoms with Crippen LogP contribution >= 0.6 is 23.2 Å². The molecule has 3 aromatic carbocycles. The normalized spacial score (nSPS) is 12.6. The van der Waals surface area contributed by atoms with Gasteiger partial charge in [-0.25, -0.2) is 8.42 Å². The van der Waals surface area contributed by atoms with Gasteiger partial charge in [0.2, 0.25) is 11.8 Å². The summed E-state index contributed by atoms with van der Waals surface area (Å²) in [5, 5.41) is 2.50. The predicted molar refractivity (Wildman–Crippen MR) is 166 cm³/mol. The number of halogens is 5. The largest absolute Gasteiger partial charge is 0.417 e. The van der Waals surface area contributed by atoms with Crippen molar-refractivity contribution < 1.29 is 31.2 Å². The number of hydrogen-bond donors (Lipinski definition) is 1. The molecule has 0 bridgehead atoms. The monoisotopic (exact) mass is 671 g/mol. The van der Waals surface area contributed by atoms with Gasteiger partial charge in [0.25, 0.3) is 10.0 Å². The SMILES string of the molecule is CC[C@H](C(=O)NCC(C)C)N(Cc1ccccc1Cl)C(=O)CN(c1ccc(Cl)c(C(F)(F)F)c1)S(=O)(=O)c1ccc(C)cc1. The van der Waals surface area contributed by atoms with Crippen LogP contribution in [0.25, 0.3) is 0 Å². The minimum Gasteiger partial charge on any atom is -0.354 e. The Kier molecular flexibility index (Phi) is 11.7. The zero-order valence-electron chi connectivity index (χ0n) is 24.7. The van der Waals surface area contributed by atoms with Crippen LogP contribution < -0.4 is 9.62 Å².